The zero-order chi connectivity index (χ0) is 14.5. The van der Waals surface area contributed by atoms with Crippen LogP contribution in [0.3, 0.4) is 0 Å². The second-order valence-electron chi connectivity index (χ2n) is 6.69. The minimum Gasteiger partial charge on any atom is -0.496 e. The van der Waals surface area contributed by atoms with Gasteiger partial charge in [-0.25, -0.2) is 0 Å². The summed E-state index contributed by atoms with van der Waals surface area (Å²) in [4.78, 5) is 0. The third kappa shape index (κ3) is 5.23. The minimum absolute atomic E-state index is 0.355. The normalized spacial score (nSPS) is 15.1. The largest absolute Gasteiger partial charge is 0.496 e. The van der Waals surface area contributed by atoms with Crippen LogP contribution >= 0.6 is 0 Å². The average molecular weight is 263 g/mol. The van der Waals surface area contributed by atoms with Crippen LogP contribution in [0, 0.1) is 11.3 Å². The molecule has 0 amide bonds. The SMILES string of the molecule is CNC(CC(C)CC(C)(C)C)c1ccccc1OC. The summed E-state index contributed by atoms with van der Waals surface area (Å²) in [5, 5.41) is 3.43. The Morgan fingerprint density at radius 1 is 1.21 bits per heavy atom. The Morgan fingerprint density at radius 2 is 1.84 bits per heavy atom. The molecule has 1 aromatic rings. The Labute approximate surface area is 118 Å². The lowest BCUT2D eigenvalue weighted by atomic mass is 9.82. The Kier molecular flexibility index (Phi) is 5.86. The lowest BCUT2D eigenvalue weighted by Crippen LogP contribution is -2.21. The van der Waals surface area contributed by atoms with Crippen molar-refractivity contribution in [1.29, 1.82) is 0 Å². The van der Waals surface area contributed by atoms with Gasteiger partial charge in [-0.2, -0.15) is 0 Å². The van der Waals surface area contributed by atoms with Gasteiger partial charge in [0.15, 0.2) is 0 Å². The van der Waals surface area contributed by atoms with Crippen molar-refractivity contribution in [2.24, 2.45) is 11.3 Å². The van der Waals surface area contributed by atoms with Crippen molar-refractivity contribution in [2.75, 3.05) is 14.2 Å². The van der Waals surface area contributed by atoms with E-state index in [-0.39, 0.29) is 0 Å². The van der Waals surface area contributed by atoms with Gasteiger partial charge in [0, 0.05) is 11.6 Å². The zero-order valence-corrected chi connectivity index (χ0v) is 13.3. The van der Waals surface area contributed by atoms with E-state index in [2.05, 4.69) is 45.1 Å². The first-order chi connectivity index (χ1) is 8.87. The minimum atomic E-state index is 0.355. The molecule has 1 N–H and O–H groups in total. The molecule has 2 nitrogen and oxygen atoms in total. The molecule has 0 aliphatic carbocycles. The number of hydrogen-bond acceptors (Lipinski definition) is 2. The molecule has 2 atom stereocenters. The van der Waals surface area contributed by atoms with E-state index in [4.69, 9.17) is 4.74 Å². The van der Waals surface area contributed by atoms with Crippen LogP contribution in [0.5, 0.6) is 5.75 Å². The summed E-state index contributed by atoms with van der Waals surface area (Å²) in [5.41, 5.74) is 1.65. The van der Waals surface area contributed by atoms with Crippen molar-refractivity contribution in [1.82, 2.24) is 5.32 Å². The summed E-state index contributed by atoms with van der Waals surface area (Å²) in [6, 6.07) is 8.65. The summed E-state index contributed by atoms with van der Waals surface area (Å²) in [6.07, 6.45) is 2.37. The molecule has 1 aromatic carbocycles. The lowest BCUT2D eigenvalue weighted by molar-refractivity contribution is 0.277. The molecule has 0 fully saturated rings. The van der Waals surface area contributed by atoms with Crippen molar-refractivity contribution >= 4 is 0 Å². The van der Waals surface area contributed by atoms with E-state index in [1.54, 1.807) is 7.11 Å². The van der Waals surface area contributed by atoms with Gasteiger partial charge in [-0.15, -0.1) is 0 Å². The summed E-state index contributed by atoms with van der Waals surface area (Å²) in [7, 11) is 3.77. The molecule has 0 saturated heterocycles. The van der Waals surface area contributed by atoms with E-state index >= 15 is 0 Å². The number of hydrogen-bond donors (Lipinski definition) is 1. The Morgan fingerprint density at radius 3 is 2.37 bits per heavy atom. The summed E-state index contributed by atoms with van der Waals surface area (Å²) in [5.74, 6) is 1.66. The highest BCUT2D eigenvalue weighted by Crippen LogP contribution is 2.33. The fourth-order valence-electron chi connectivity index (χ4n) is 2.89. The average Bonchev–Trinajstić information content (AvgIpc) is 2.33. The second-order valence-corrected chi connectivity index (χ2v) is 6.69. The number of ether oxygens (including phenoxy) is 1. The molecule has 0 aromatic heterocycles. The predicted molar refractivity (Wildman–Crippen MR) is 82.6 cm³/mol. The van der Waals surface area contributed by atoms with Crippen LogP contribution in [0.1, 0.15) is 52.1 Å². The molecular weight excluding hydrogens is 234 g/mol. The lowest BCUT2D eigenvalue weighted by Gasteiger charge is -2.27. The Balaban J connectivity index is 2.78. The van der Waals surface area contributed by atoms with Crippen molar-refractivity contribution in [2.45, 2.75) is 46.6 Å². The highest BCUT2D eigenvalue weighted by atomic mass is 16.5. The Hall–Kier alpha value is -1.02. The molecule has 0 saturated carbocycles. The maximum atomic E-state index is 5.47. The summed E-state index contributed by atoms with van der Waals surface area (Å²) in [6.45, 7) is 9.26. The van der Waals surface area contributed by atoms with Gasteiger partial charge in [0.1, 0.15) is 5.75 Å². The molecule has 2 unspecified atom stereocenters. The highest BCUT2D eigenvalue weighted by molar-refractivity contribution is 5.35. The van der Waals surface area contributed by atoms with E-state index in [9.17, 15) is 0 Å². The van der Waals surface area contributed by atoms with E-state index in [1.165, 1.54) is 12.0 Å². The van der Waals surface area contributed by atoms with E-state index in [0.717, 1.165) is 12.2 Å². The van der Waals surface area contributed by atoms with Gasteiger partial charge in [-0.3, -0.25) is 0 Å². The second kappa shape index (κ2) is 6.95. The molecule has 0 aliphatic heterocycles. The van der Waals surface area contributed by atoms with Crippen molar-refractivity contribution in [3.63, 3.8) is 0 Å². The molecule has 0 heterocycles. The van der Waals surface area contributed by atoms with E-state index in [0.29, 0.717) is 17.4 Å². The molecule has 0 aliphatic rings. The summed E-state index contributed by atoms with van der Waals surface area (Å²) >= 11 is 0. The van der Waals surface area contributed by atoms with E-state index < -0.39 is 0 Å². The standard InChI is InChI=1S/C17H29NO/c1-13(12-17(2,3)4)11-15(18-5)14-9-7-8-10-16(14)19-6/h7-10,13,15,18H,11-12H2,1-6H3. The smallest absolute Gasteiger partial charge is 0.123 e. The molecule has 1 rings (SSSR count). The first-order valence-corrected chi connectivity index (χ1v) is 7.17. The fourth-order valence-corrected chi connectivity index (χ4v) is 2.89. The number of rotatable bonds is 6. The first kappa shape index (κ1) is 16.0. The number of para-hydroxylation sites is 1. The van der Waals surface area contributed by atoms with Gasteiger partial charge in [-0.1, -0.05) is 45.9 Å². The quantitative estimate of drug-likeness (QED) is 0.820. The first-order valence-electron chi connectivity index (χ1n) is 7.17. The van der Waals surface area contributed by atoms with Crippen molar-refractivity contribution in [3.8, 4) is 5.75 Å². The van der Waals surface area contributed by atoms with Gasteiger partial charge >= 0.3 is 0 Å². The Bertz CT molecular complexity index is 381. The van der Waals surface area contributed by atoms with Gasteiger partial charge in [0.2, 0.25) is 0 Å². The van der Waals surface area contributed by atoms with Gasteiger partial charge in [-0.05, 0) is 37.3 Å². The van der Waals surface area contributed by atoms with Crippen molar-refractivity contribution < 1.29 is 4.74 Å². The highest BCUT2D eigenvalue weighted by Gasteiger charge is 2.21. The maximum Gasteiger partial charge on any atom is 0.123 e. The van der Waals surface area contributed by atoms with Crippen LogP contribution in [-0.4, -0.2) is 14.2 Å². The third-order valence-electron chi connectivity index (χ3n) is 3.46. The molecular formula is C17H29NO. The van der Waals surface area contributed by atoms with Crippen LogP contribution in [0.4, 0.5) is 0 Å². The third-order valence-corrected chi connectivity index (χ3v) is 3.46. The van der Waals surface area contributed by atoms with Crippen LogP contribution in [0.15, 0.2) is 24.3 Å². The van der Waals surface area contributed by atoms with Crippen molar-refractivity contribution in [3.05, 3.63) is 29.8 Å². The molecule has 108 valence electrons. The molecule has 0 bridgehead atoms. The molecule has 0 radical (unpaired) electrons. The van der Waals surface area contributed by atoms with Crippen LogP contribution in [0.25, 0.3) is 0 Å². The zero-order valence-electron chi connectivity index (χ0n) is 13.3. The number of methoxy groups -OCH3 is 1. The van der Waals surface area contributed by atoms with Crippen LogP contribution in [0.2, 0.25) is 0 Å². The summed E-state index contributed by atoms with van der Waals surface area (Å²) < 4.78 is 5.47. The maximum absolute atomic E-state index is 5.47. The monoisotopic (exact) mass is 263 g/mol. The molecule has 19 heavy (non-hydrogen) atoms. The van der Waals surface area contributed by atoms with Gasteiger partial charge in [0.25, 0.3) is 0 Å². The fraction of sp³-hybridized carbons (Fsp3) is 0.647. The predicted octanol–water partition coefficient (Wildman–Crippen LogP) is 4.42. The number of nitrogens with one attached hydrogen (secondary N) is 1. The van der Waals surface area contributed by atoms with Gasteiger partial charge < -0.3 is 10.1 Å². The van der Waals surface area contributed by atoms with Gasteiger partial charge in [0.05, 0.1) is 7.11 Å². The number of benzene rings is 1. The molecule has 2 heteroatoms. The van der Waals surface area contributed by atoms with Crippen LogP contribution in [-0.2, 0) is 0 Å². The topological polar surface area (TPSA) is 21.3 Å². The van der Waals surface area contributed by atoms with Crippen LogP contribution < -0.4 is 10.1 Å². The van der Waals surface area contributed by atoms with E-state index in [1.807, 2.05) is 19.2 Å². The molecule has 0 spiro atoms.